The highest BCUT2D eigenvalue weighted by Crippen LogP contribution is 2.11. The zero-order chi connectivity index (χ0) is 16.0. The molecule has 1 aliphatic rings. The molecule has 0 unspecified atom stereocenters. The maximum atomic E-state index is 12.1. The number of halogens is 1. The second-order valence-corrected chi connectivity index (χ2v) is 7.21. The fraction of sp³-hybridized carbons (Fsp3) is 0.533. The van der Waals surface area contributed by atoms with Gasteiger partial charge in [-0.05, 0) is 38.1 Å². The van der Waals surface area contributed by atoms with E-state index in [0.29, 0.717) is 0 Å². The van der Waals surface area contributed by atoms with Gasteiger partial charge < -0.3 is 10.2 Å². The van der Waals surface area contributed by atoms with Crippen LogP contribution < -0.4 is 10.0 Å². The van der Waals surface area contributed by atoms with Crippen molar-refractivity contribution in [1.82, 2.24) is 14.9 Å². The number of hydrogen-bond donors (Lipinski definition) is 2. The highest BCUT2D eigenvalue weighted by molar-refractivity contribution is 7.89. The Labute approximate surface area is 144 Å². The molecule has 1 fully saturated rings. The number of nitrogens with one attached hydrogen (secondary N) is 2. The maximum absolute atomic E-state index is 12.1. The fourth-order valence-corrected chi connectivity index (χ4v) is 3.60. The van der Waals surface area contributed by atoms with E-state index >= 15 is 0 Å². The van der Waals surface area contributed by atoms with E-state index in [1.807, 2.05) is 0 Å². The normalized spacial score (nSPS) is 15.7. The van der Waals surface area contributed by atoms with Crippen molar-refractivity contribution < 1.29 is 13.2 Å². The van der Waals surface area contributed by atoms with Crippen molar-refractivity contribution in [2.45, 2.75) is 30.2 Å². The van der Waals surface area contributed by atoms with Crippen LogP contribution in [0.5, 0.6) is 0 Å². The van der Waals surface area contributed by atoms with E-state index in [2.05, 4.69) is 10.0 Å². The van der Waals surface area contributed by atoms with Crippen molar-refractivity contribution in [2.75, 3.05) is 26.7 Å². The lowest BCUT2D eigenvalue weighted by atomic mass is 10.1. The van der Waals surface area contributed by atoms with Crippen molar-refractivity contribution in [2.24, 2.45) is 0 Å². The molecule has 2 rings (SSSR count). The Morgan fingerprint density at radius 2 is 1.87 bits per heavy atom. The predicted octanol–water partition coefficient (Wildman–Crippen LogP) is 0.987. The van der Waals surface area contributed by atoms with Crippen LogP contribution >= 0.6 is 12.4 Å². The molecule has 0 aliphatic carbocycles. The average molecular weight is 362 g/mol. The summed E-state index contributed by atoms with van der Waals surface area (Å²) in [6, 6.07) is 8.42. The summed E-state index contributed by atoms with van der Waals surface area (Å²) in [7, 11) is -1.74. The summed E-state index contributed by atoms with van der Waals surface area (Å²) in [5.74, 6) is -0.0253. The standard InChI is InChI=1S/C15H23N3O3S.ClH/c1-18(13-7-10-16-11-8-13)15(19)9-12-17-22(20,21)14-5-3-2-4-6-14;/h2-6,13,16-17H,7-12H2,1H3;1H. The van der Waals surface area contributed by atoms with E-state index in [1.54, 1.807) is 30.1 Å². The third-order valence-electron chi connectivity index (χ3n) is 3.93. The quantitative estimate of drug-likeness (QED) is 0.792. The monoisotopic (exact) mass is 361 g/mol. The Morgan fingerprint density at radius 1 is 1.26 bits per heavy atom. The van der Waals surface area contributed by atoms with E-state index < -0.39 is 10.0 Å². The van der Waals surface area contributed by atoms with Crippen molar-refractivity contribution in [3.63, 3.8) is 0 Å². The number of nitrogens with zero attached hydrogens (tertiary/aromatic N) is 1. The van der Waals surface area contributed by atoms with Crippen LogP contribution in [0.25, 0.3) is 0 Å². The molecule has 1 aromatic rings. The minimum absolute atomic E-state index is 0. The number of amides is 1. The molecular weight excluding hydrogens is 338 g/mol. The third kappa shape index (κ3) is 5.76. The maximum Gasteiger partial charge on any atom is 0.240 e. The summed E-state index contributed by atoms with van der Waals surface area (Å²) in [6.45, 7) is 1.96. The first-order valence-corrected chi connectivity index (χ1v) is 9.00. The van der Waals surface area contributed by atoms with E-state index in [-0.39, 0.29) is 42.2 Å². The van der Waals surface area contributed by atoms with Gasteiger partial charge in [0.15, 0.2) is 0 Å². The van der Waals surface area contributed by atoms with Crippen LogP contribution in [-0.2, 0) is 14.8 Å². The van der Waals surface area contributed by atoms with Crippen molar-refractivity contribution in [3.05, 3.63) is 30.3 Å². The summed E-state index contributed by atoms with van der Waals surface area (Å²) in [5, 5.41) is 3.26. The number of rotatable bonds is 6. The minimum Gasteiger partial charge on any atom is -0.343 e. The molecule has 8 heteroatoms. The smallest absolute Gasteiger partial charge is 0.240 e. The van der Waals surface area contributed by atoms with Gasteiger partial charge >= 0.3 is 0 Å². The van der Waals surface area contributed by atoms with Crippen LogP contribution in [0.1, 0.15) is 19.3 Å². The van der Waals surface area contributed by atoms with Crippen LogP contribution in [0.3, 0.4) is 0 Å². The Bertz CT molecular complexity index is 589. The summed E-state index contributed by atoms with van der Waals surface area (Å²) in [6.07, 6.45) is 2.06. The topological polar surface area (TPSA) is 78.5 Å². The molecule has 0 spiro atoms. The summed E-state index contributed by atoms with van der Waals surface area (Å²) in [4.78, 5) is 14.1. The van der Waals surface area contributed by atoms with Crippen LogP contribution in [-0.4, -0.2) is 51.9 Å². The fourth-order valence-electron chi connectivity index (χ4n) is 2.55. The first-order valence-electron chi connectivity index (χ1n) is 7.52. The van der Waals surface area contributed by atoms with E-state index in [4.69, 9.17) is 0 Å². The van der Waals surface area contributed by atoms with Crippen molar-refractivity contribution in [3.8, 4) is 0 Å². The molecule has 0 aromatic heterocycles. The number of piperidine rings is 1. The second kappa shape index (κ2) is 9.22. The Hall–Kier alpha value is -1.15. The SMILES string of the molecule is CN(C(=O)CCNS(=O)(=O)c1ccccc1)C1CCNCC1.Cl. The molecule has 0 atom stereocenters. The molecule has 0 bridgehead atoms. The summed E-state index contributed by atoms with van der Waals surface area (Å²) >= 11 is 0. The first-order chi connectivity index (χ1) is 10.5. The largest absolute Gasteiger partial charge is 0.343 e. The van der Waals surface area contributed by atoms with Crippen molar-refractivity contribution in [1.29, 1.82) is 0 Å². The van der Waals surface area contributed by atoms with Crippen LogP contribution in [0.15, 0.2) is 35.2 Å². The molecule has 0 radical (unpaired) electrons. The van der Waals surface area contributed by atoms with Gasteiger partial charge in [-0.25, -0.2) is 13.1 Å². The average Bonchev–Trinajstić information content (AvgIpc) is 2.55. The zero-order valence-corrected chi connectivity index (χ0v) is 14.8. The lowest BCUT2D eigenvalue weighted by Crippen LogP contribution is -2.44. The third-order valence-corrected chi connectivity index (χ3v) is 5.41. The number of sulfonamides is 1. The van der Waals surface area contributed by atoms with Crippen LogP contribution in [0.4, 0.5) is 0 Å². The predicted molar refractivity (Wildman–Crippen MR) is 92.2 cm³/mol. The van der Waals surface area contributed by atoms with Gasteiger partial charge in [-0.15, -0.1) is 12.4 Å². The Kier molecular flexibility index (Phi) is 7.98. The van der Waals surface area contributed by atoms with Crippen molar-refractivity contribution >= 4 is 28.3 Å². The van der Waals surface area contributed by atoms with Crippen LogP contribution in [0.2, 0.25) is 0 Å². The van der Waals surface area contributed by atoms with Gasteiger partial charge in [-0.2, -0.15) is 0 Å². The number of carbonyl (C=O) groups excluding carboxylic acids is 1. The van der Waals surface area contributed by atoms with Crippen LogP contribution in [0, 0.1) is 0 Å². The van der Waals surface area contributed by atoms with Gasteiger partial charge in [-0.3, -0.25) is 4.79 Å². The first kappa shape index (κ1) is 19.9. The Balaban J connectivity index is 0.00000264. The number of hydrogen-bond acceptors (Lipinski definition) is 4. The molecule has 1 amide bonds. The van der Waals surface area contributed by atoms with E-state index in [9.17, 15) is 13.2 Å². The highest BCUT2D eigenvalue weighted by atomic mass is 35.5. The van der Waals surface area contributed by atoms with Gasteiger partial charge in [0, 0.05) is 26.1 Å². The molecule has 1 saturated heterocycles. The van der Waals surface area contributed by atoms with Gasteiger partial charge in [0.05, 0.1) is 4.90 Å². The lowest BCUT2D eigenvalue weighted by molar-refractivity contribution is -0.132. The van der Waals surface area contributed by atoms with E-state index in [1.165, 1.54) is 12.1 Å². The number of carbonyl (C=O) groups is 1. The molecular formula is C15H24ClN3O3S. The number of benzene rings is 1. The van der Waals surface area contributed by atoms with Gasteiger partial charge in [0.1, 0.15) is 0 Å². The molecule has 0 saturated carbocycles. The zero-order valence-electron chi connectivity index (χ0n) is 13.2. The molecule has 23 heavy (non-hydrogen) atoms. The second-order valence-electron chi connectivity index (χ2n) is 5.45. The molecule has 2 N–H and O–H groups in total. The van der Waals surface area contributed by atoms with Gasteiger partial charge in [0.25, 0.3) is 0 Å². The van der Waals surface area contributed by atoms with Gasteiger partial charge in [-0.1, -0.05) is 18.2 Å². The summed E-state index contributed by atoms with van der Waals surface area (Å²) in [5.41, 5.74) is 0. The molecule has 130 valence electrons. The lowest BCUT2D eigenvalue weighted by Gasteiger charge is -2.31. The minimum atomic E-state index is -3.54. The molecule has 1 aromatic carbocycles. The molecule has 1 aliphatic heterocycles. The highest BCUT2D eigenvalue weighted by Gasteiger charge is 2.22. The Morgan fingerprint density at radius 3 is 2.48 bits per heavy atom. The summed E-state index contributed by atoms with van der Waals surface area (Å²) < 4.78 is 26.6. The van der Waals surface area contributed by atoms with Gasteiger partial charge in [0.2, 0.25) is 15.9 Å². The van der Waals surface area contributed by atoms with E-state index in [0.717, 1.165) is 25.9 Å². The molecule has 6 nitrogen and oxygen atoms in total. The molecule has 1 heterocycles.